The van der Waals surface area contributed by atoms with E-state index in [0.29, 0.717) is 16.9 Å². The zero-order chi connectivity index (χ0) is 18.9. The normalized spacial score (nSPS) is 15.0. The van der Waals surface area contributed by atoms with E-state index in [-0.39, 0.29) is 24.1 Å². The van der Waals surface area contributed by atoms with Crippen molar-refractivity contribution in [2.45, 2.75) is 26.3 Å². The lowest BCUT2D eigenvalue weighted by Crippen LogP contribution is -2.59. The molecule has 0 bridgehead atoms. The van der Waals surface area contributed by atoms with Gasteiger partial charge in [-0.05, 0) is 57.2 Å². The summed E-state index contributed by atoms with van der Waals surface area (Å²) in [5.41, 5.74) is 1.65. The van der Waals surface area contributed by atoms with Crippen molar-refractivity contribution in [3.63, 3.8) is 0 Å². The molecule has 26 heavy (non-hydrogen) atoms. The topological polar surface area (TPSA) is 78.5 Å². The van der Waals surface area contributed by atoms with Gasteiger partial charge in [0.2, 0.25) is 11.8 Å². The van der Waals surface area contributed by atoms with E-state index in [0.717, 1.165) is 5.69 Å². The van der Waals surface area contributed by atoms with Crippen molar-refractivity contribution in [1.29, 1.82) is 0 Å². The maximum atomic E-state index is 12.9. The van der Waals surface area contributed by atoms with E-state index in [4.69, 9.17) is 0 Å². The Bertz CT molecular complexity index is 872. The number of carbonyl (C=O) groups excluding carboxylic acids is 3. The van der Waals surface area contributed by atoms with Gasteiger partial charge in [-0.15, -0.1) is 0 Å². The van der Waals surface area contributed by atoms with Gasteiger partial charge in [0.05, 0.1) is 17.9 Å². The Hall–Kier alpha value is -3.15. The molecule has 1 aliphatic rings. The number of hydrogen-bond acceptors (Lipinski definition) is 4. The van der Waals surface area contributed by atoms with Gasteiger partial charge in [-0.25, -0.2) is 0 Å². The Morgan fingerprint density at radius 2 is 1.73 bits per heavy atom. The summed E-state index contributed by atoms with van der Waals surface area (Å²) in [7, 11) is 0. The van der Waals surface area contributed by atoms with Crippen LogP contribution in [-0.4, -0.2) is 29.7 Å². The smallest absolute Gasteiger partial charge is 0.250 e. The molecule has 2 amide bonds. The Morgan fingerprint density at radius 1 is 1.08 bits per heavy atom. The van der Waals surface area contributed by atoms with Crippen molar-refractivity contribution < 1.29 is 14.4 Å². The molecule has 0 radical (unpaired) electrons. The summed E-state index contributed by atoms with van der Waals surface area (Å²) < 4.78 is 0. The predicted octanol–water partition coefficient (Wildman–Crippen LogP) is 3.07. The van der Waals surface area contributed by atoms with Crippen LogP contribution in [0.2, 0.25) is 0 Å². The number of para-hydroxylation sites is 2. The van der Waals surface area contributed by atoms with Gasteiger partial charge in [0.25, 0.3) is 0 Å². The molecule has 3 rings (SSSR count). The van der Waals surface area contributed by atoms with E-state index < -0.39 is 5.54 Å². The van der Waals surface area contributed by atoms with Gasteiger partial charge in [-0.1, -0.05) is 12.1 Å². The number of anilines is 3. The second-order valence-corrected chi connectivity index (χ2v) is 6.75. The van der Waals surface area contributed by atoms with Gasteiger partial charge < -0.3 is 10.6 Å². The number of fused-ring (bicyclic) bond motifs is 1. The number of ketones is 1. The highest BCUT2D eigenvalue weighted by molar-refractivity contribution is 6.14. The number of amides is 2. The van der Waals surface area contributed by atoms with Crippen LogP contribution < -0.4 is 15.5 Å². The van der Waals surface area contributed by atoms with Gasteiger partial charge in [0.15, 0.2) is 5.78 Å². The third-order valence-electron chi connectivity index (χ3n) is 4.49. The molecule has 134 valence electrons. The van der Waals surface area contributed by atoms with Crippen molar-refractivity contribution in [2.24, 2.45) is 0 Å². The summed E-state index contributed by atoms with van der Waals surface area (Å²) in [4.78, 5) is 38.2. The lowest BCUT2D eigenvalue weighted by atomic mass is 9.96. The highest BCUT2D eigenvalue weighted by atomic mass is 16.2. The molecule has 0 aromatic heterocycles. The SMILES string of the molecule is CC(=O)c1ccc(NCC(=O)N2c3ccccc3NC(=O)C2(C)C)cc1. The van der Waals surface area contributed by atoms with Crippen LogP contribution in [0.4, 0.5) is 17.1 Å². The fourth-order valence-electron chi connectivity index (χ4n) is 2.98. The minimum absolute atomic E-state index is 0.00897. The van der Waals surface area contributed by atoms with Crippen LogP contribution in [0.3, 0.4) is 0 Å². The first-order chi connectivity index (χ1) is 12.3. The molecular formula is C20H21N3O3. The van der Waals surface area contributed by atoms with Crippen molar-refractivity contribution in [3.05, 3.63) is 54.1 Å². The number of benzene rings is 2. The minimum atomic E-state index is -0.994. The van der Waals surface area contributed by atoms with E-state index in [1.165, 1.54) is 11.8 Å². The highest BCUT2D eigenvalue weighted by Crippen LogP contribution is 2.36. The summed E-state index contributed by atoms with van der Waals surface area (Å²) in [6.45, 7) is 4.98. The van der Waals surface area contributed by atoms with E-state index in [9.17, 15) is 14.4 Å². The van der Waals surface area contributed by atoms with Crippen LogP contribution in [0.1, 0.15) is 31.1 Å². The van der Waals surface area contributed by atoms with Crippen LogP contribution in [0, 0.1) is 0 Å². The van der Waals surface area contributed by atoms with Crippen LogP contribution in [0.5, 0.6) is 0 Å². The number of hydrogen-bond donors (Lipinski definition) is 2. The molecule has 1 heterocycles. The van der Waals surface area contributed by atoms with Crippen molar-refractivity contribution in [3.8, 4) is 0 Å². The minimum Gasteiger partial charge on any atom is -0.376 e. The molecule has 6 nitrogen and oxygen atoms in total. The Kier molecular flexibility index (Phi) is 4.50. The number of nitrogens with zero attached hydrogens (tertiary/aromatic N) is 1. The Balaban J connectivity index is 1.80. The van der Waals surface area contributed by atoms with E-state index >= 15 is 0 Å². The number of nitrogens with one attached hydrogen (secondary N) is 2. The number of carbonyl (C=O) groups is 3. The molecule has 0 atom stereocenters. The van der Waals surface area contributed by atoms with E-state index in [1.54, 1.807) is 44.2 Å². The summed E-state index contributed by atoms with van der Waals surface area (Å²) in [6, 6.07) is 14.2. The summed E-state index contributed by atoms with van der Waals surface area (Å²) in [6.07, 6.45) is 0. The first-order valence-corrected chi connectivity index (χ1v) is 8.39. The average molecular weight is 351 g/mol. The van der Waals surface area contributed by atoms with Gasteiger partial charge in [0, 0.05) is 11.3 Å². The first kappa shape index (κ1) is 17.7. The maximum Gasteiger partial charge on any atom is 0.250 e. The molecule has 0 aliphatic carbocycles. The second-order valence-electron chi connectivity index (χ2n) is 6.75. The zero-order valence-corrected chi connectivity index (χ0v) is 15.0. The monoisotopic (exact) mass is 351 g/mol. The fraction of sp³-hybridized carbons (Fsp3) is 0.250. The Labute approximate surface area is 152 Å². The van der Waals surface area contributed by atoms with Crippen molar-refractivity contribution in [2.75, 3.05) is 22.1 Å². The molecule has 0 fully saturated rings. The van der Waals surface area contributed by atoms with Crippen LogP contribution >= 0.6 is 0 Å². The van der Waals surface area contributed by atoms with Gasteiger partial charge in [-0.2, -0.15) is 0 Å². The summed E-state index contributed by atoms with van der Waals surface area (Å²) in [5.74, 6) is -0.450. The summed E-state index contributed by atoms with van der Waals surface area (Å²) >= 11 is 0. The maximum absolute atomic E-state index is 12.9. The number of rotatable bonds is 4. The van der Waals surface area contributed by atoms with Crippen molar-refractivity contribution >= 4 is 34.7 Å². The number of Topliss-reactive ketones (excluding diaryl/α,β-unsaturated/α-hetero) is 1. The second kappa shape index (κ2) is 6.63. The quantitative estimate of drug-likeness (QED) is 0.830. The molecule has 0 spiro atoms. The molecule has 2 N–H and O–H groups in total. The molecule has 2 aromatic carbocycles. The van der Waals surface area contributed by atoms with Gasteiger partial charge in [0.1, 0.15) is 5.54 Å². The van der Waals surface area contributed by atoms with Gasteiger partial charge >= 0.3 is 0 Å². The molecule has 0 saturated carbocycles. The van der Waals surface area contributed by atoms with Crippen molar-refractivity contribution in [1.82, 2.24) is 0 Å². The lowest BCUT2D eigenvalue weighted by Gasteiger charge is -2.42. The molecule has 0 unspecified atom stereocenters. The largest absolute Gasteiger partial charge is 0.376 e. The van der Waals surface area contributed by atoms with E-state index in [1.807, 2.05) is 18.2 Å². The van der Waals surface area contributed by atoms with Gasteiger partial charge in [-0.3, -0.25) is 19.3 Å². The van der Waals surface area contributed by atoms with Crippen LogP contribution in [0.25, 0.3) is 0 Å². The average Bonchev–Trinajstić information content (AvgIpc) is 2.61. The third-order valence-corrected chi connectivity index (χ3v) is 4.49. The molecule has 1 aliphatic heterocycles. The Morgan fingerprint density at radius 3 is 2.38 bits per heavy atom. The molecule has 6 heteroatoms. The van der Waals surface area contributed by atoms with Crippen LogP contribution in [0.15, 0.2) is 48.5 Å². The summed E-state index contributed by atoms with van der Waals surface area (Å²) in [5, 5.41) is 5.90. The molecular weight excluding hydrogens is 330 g/mol. The highest BCUT2D eigenvalue weighted by Gasteiger charge is 2.43. The molecule has 0 saturated heterocycles. The van der Waals surface area contributed by atoms with Crippen LogP contribution in [-0.2, 0) is 9.59 Å². The standard InChI is InChI=1S/C20H21N3O3/c1-13(24)14-8-10-15(11-9-14)21-12-18(25)23-17-7-5-4-6-16(17)22-19(26)20(23,2)3/h4-11,21H,12H2,1-3H3,(H,22,26). The lowest BCUT2D eigenvalue weighted by molar-refractivity contribution is -0.125. The zero-order valence-electron chi connectivity index (χ0n) is 15.0. The van der Waals surface area contributed by atoms with E-state index in [2.05, 4.69) is 10.6 Å². The molecule has 2 aromatic rings. The first-order valence-electron chi connectivity index (χ1n) is 8.39. The predicted molar refractivity (Wildman–Crippen MR) is 102 cm³/mol. The fourth-order valence-corrected chi connectivity index (χ4v) is 2.98. The third kappa shape index (κ3) is 3.18.